The summed E-state index contributed by atoms with van der Waals surface area (Å²) in [4.78, 5) is 36.7. The molecule has 3 heterocycles. The number of pyridine rings is 1. The maximum absolute atomic E-state index is 13.0. The van der Waals surface area contributed by atoms with E-state index in [0.29, 0.717) is 0 Å². The van der Waals surface area contributed by atoms with Gasteiger partial charge in [-0.3, -0.25) is 9.78 Å². The number of nitrogens with zero attached hydrogens (tertiary/aromatic N) is 5. The van der Waals surface area contributed by atoms with Crippen LogP contribution in [-0.2, 0) is 11.3 Å². The maximum Gasteiger partial charge on any atom is 0.446 e. The van der Waals surface area contributed by atoms with Crippen LogP contribution < -0.4 is 9.80 Å². The van der Waals surface area contributed by atoms with Crippen LogP contribution >= 0.6 is 11.8 Å². The van der Waals surface area contributed by atoms with Crippen molar-refractivity contribution in [3.8, 4) is 0 Å². The van der Waals surface area contributed by atoms with E-state index >= 15 is 0 Å². The summed E-state index contributed by atoms with van der Waals surface area (Å²) in [5, 5.41) is 0. The van der Waals surface area contributed by atoms with E-state index in [4.69, 9.17) is 0 Å². The van der Waals surface area contributed by atoms with Crippen LogP contribution in [0, 0.1) is 0 Å². The van der Waals surface area contributed by atoms with Crippen molar-refractivity contribution in [1.29, 1.82) is 0 Å². The molecule has 2 saturated heterocycles. The Labute approximate surface area is 187 Å². The largest absolute Gasteiger partial charge is 0.446 e. The molecule has 2 aromatic rings. The van der Waals surface area contributed by atoms with Crippen LogP contribution in [0.1, 0.15) is 5.56 Å². The molecule has 0 atom stereocenters. The van der Waals surface area contributed by atoms with Gasteiger partial charge in [0.25, 0.3) is 5.91 Å². The van der Waals surface area contributed by atoms with E-state index in [2.05, 4.69) is 21.8 Å². The van der Waals surface area contributed by atoms with Gasteiger partial charge >= 0.3 is 11.5 Å². The van der Waals surface area contributed by atoms with E-state index in [1.54, 1.807) is 12.4 Å². The highest BCUT2D eigenvalue weighted by atomic mass is 32.2. The van der Waals surface area contributed by atoms with E-state index in [1.807, 2.05) is 6.07 Å². The number of hydrogen-bond donors (Lipinski definition) is 0. The third kappa shape index (κ3) is 4.99. The number of carbonyl (C=O) groups excluding carboxylic acids is 2. The number of amides is 3. The van der Waals surface area contributed by atoms with Crippen molar-refractivity contribution in [2.24, 2.45) is 0 Å². The first-order chi connectivity index (χ1) is 15.2. The van der Waals surface area contributed by atoms with Crippen LogP contribution in [0.25, 0.3) is 0 Å². The summed E-state index contributed by atoms with van der Waals surface area (Å²) in [5.41, 5.74) is -2.32. The van der Waals surface area contributed by atoms with E-state index in [-0.39, 0.29) is 35.4 Å². The Balaban J connectivity index is 1.48. The molecule has 3 amide bonds. The van der Waals surface area contributed by atoms with E-state index < -0.39 is 17.4 Å². The zero-order chi connectivity index (χ0) is 22.9. The van der Waals surface area contributed by atoms with Crippen molar-refractivity contribution in [1.82, 2.24) is 14.8 Å². The number of aromatic nitrogens is 1. The first-order valence-electron chi connectivity index (χ1n) is 10.1. The predicted molar refractivity (Wildman–Crippen MR) is 116 cm³/mol. The van der Waals surface area contributed by atoms with Gasteiger partial charge in [0.2, 0.25) is 0 Å². The fraction of sp³-hybridized carbons (Fsp3) is 0.381. The normalized spacial score (nSPS) is 18.1. The quantitative estimate of drug-likeness (QED) is 0.498. The van der Waals surface area contributed by atoms with Crippen molar-refractivity contribution < 1.29 is 22.8 Å². The van der Waals surface area contributed by atoms with E-state index in [1.165, 1.54) is 29.2 Å². The lowest BCUT2D eigenvalue weighted by molar-refractivity contribution is -0.116. The molecule has 0 saturated carbocycles. The van der Waals surface area contributed by atoms with Crippen molar-refractivity contribution in [3.05, 3.63) is 48.3 Å². The average Bonchev–Trinajstić information content (AvgIpc) is 3.02. The molecule has 2 aliphatic heterocycles. The fourth-order valence-electron chi connectivity index (χ4n) is 3.81. The highest BCUT2D eigenvalue weighted by Crippen LogP contribution is 2.37. The van der Waals surface area contributed by atoms with Gasteiger partial charge in [-0.05, 0) is 54.7 Å². The highest BCUT2D eigenvalue weighted by Gasteiger charge is 2.38. The number of anilines is 2. The Kier molecular flexibility index (Phi) is 6.29. The molecule has 7 nitrogen and oxygen atoms in total. The summed E-state index contributed by atoms with van der Waals surface area (Å²) < 4.78 is 37.6. The second-order valence-corrected chi connectivity index (χ2v) is 8.84. The van der Waals surface area contributed by atoms with Crippen LogP contribution in [0.2, 0.25) is 0 Å². The highest BCUT2D eigenvalue weighted by molar-refractivity contribution is 8.00. The topological polar surface area (TPSA) is 60.0 Å². The Morgan fingerprint density at radius 3 is 2.38 bits per heavy atom. The van der Waals surface area contributed by atoms with Gasteiger partial charge in [-0.15, -0.1) is 0 Å². The Morgan fingerprint density at radius 1 is 1.03 bits per heavy atom. The van der Waals surface area contributed by atoms with Crippen LogP contribution in [0.5, 0.6) is 0 Å². The van der Waals surface area contributed by atoms with Gasteiger partial charge in [0.1, 0.15) is 6.54 Å². The first-order valence-corrected chi connectivity index (χ1v) is 10.9. The number of hydrogen-bond acceptors (Lipinski definition) is 6. The number of carbonyl (C=O) groups is 2. The molecule has 32 heavy (non-hydrogen) atoms. The lowest BCUT2D eigenvalue weighted by atomic mass is 10.1. The van der Waals surface area contributed by atoms with Gasteiger partial charge in [0.15, 0.2) is 0 Å². The Bertz CT molecular complexity index is 994. The van der Waals surface area contributed by atoms with Crippen molar-refractivity contribution in [3.63, 3.8) is 0 Å². The third-order valence-electron chi connectivity index (χ3n) is 5.46. The molecular weight excluding hydrogens is 443 g/mol. The number of piperazine rings is 1. The molecule has 0 aliphatic carbocycles. The van der Waals surface area contributed by atoms with Crippen LogP contribution in [0.4, 0.5) is 29.3 Å². The van der Waals surface area contributed by atoms with Gasteiger partial charge in [-0.1, -0.05) is 0 Å². The summed E-state index contributed by atoms with van der Waals surface area (Å²) in [6.45, 7) is 3.68. The lowest BCUT2D eigenvalue weighted by Gasteiger charge is -2.35. The van der Waals surface area contributed by atoms with Crippen molar-refractivity contribution in [2.45, 2.75) is 16.9 Å². The second-order valence-electron chi connectivity index (χ2n) is 7.70. The van der Waals surface area contributed by atoms with Crippen LogP contribution in [0.3, 0.4) is 0 Å². The summed E-state index contributed by atoms with van der Waals surface area (Å²) in [5.74, 6) is -0.415. The smallest absolute Gasteiger partial charge is 0.367 e. The summed E-state index contributed by atoms with van der Waals surface area (Å²) in [6, 6.07) is 6.57. The zero-order valence-electron chi connectivity index (χ0n) is 17.4. The SMILES string of the molecule is CN1CCN(c2cnccc2CN2CC(=O)N(c3ccc(SC(F)(F)F)cc3)C2=O)CC1. The molecule has 1 aromatic heterocycles. The third-order valence-corrected chi connectivity index (χ3v) is 6.20. The number of urea groups is 1. The molecule has 0 bridgehead atoms. The number of likely N-dealkylation sites (N-methyl/N-ethyl adjacent to an activating group) is 1. The molecule has 0 spiro atoms. The lowest BCUT2D eigenvalue weighted by Crippen LogP contribution is -2.45. The molecule has 0 unspecified atom stereocenters. The molecular formula is C21H22F3N5O2S. The Morgan fingerprint density at radius 2 is 1.72 bits per heavy atom. The standard InChI is InChI=1S/C21H22F3N5O2S/c1-26-8-10-27(11-9-26)18-12-25-7-6-15(18)13-28-14-19(30)29(20(28)31)16-2-4-17(5-3-16)32-21(22,23)24/h2-7,12H,8-11,13-14H2,1H3. The van der Waals surface area contributed by atoms with E-state index in [9.17, 15) is 22.8 Å². The minimum absolute atomic E-state index is 0.00851. The molecule has 4 rings (SSSR count). The van der Waals surface area contributed by atoms with Crippen molar-refractivity contribution in [2.75, 3.05) is 49.6 Å². The van der Waals surface area contributed by atoms with Crippen LogP contribution in [-0.4, -0.2) is 72.0 Å². The number of thioether (sulfide) groups is 1. The van der Waals surface area contributed by atoms with Gasteiger partial charge in [-0.2, -0.15) is 13.2 Å². The van der Waals surface area contributed by atoms with Crippen molar-refractivity contribution >= 4 is 35.1 Å². The molecule has 2 fully saturated rings. The fourth-order valence-corrected chi connectivity index (χ4v) is 4.35. The van der Waals surface area contributed by atoms with Gasteiger partial charge in [0, 0.05) is 37.3 Å². The number of benzene rings is 1. The van der Waals surface area contributed by atoms with Gasteiger partial charge < -0.3 is 14.7 Å². The summed E-state index contributed by atoms with van der Waals surface area (Å²) in [7, 11) is 2.07. The number of imide groups is 1. The number of alkyl halides is 3. The average molecular weight is 466 g/mol. The molecule has 0 radical (unpaired) electrons. The second kappa shape index (κ2) is 8.99. The number of rotatable bonds is 5. The van der Waals surface area contributed by atoms with Gasteiger partial charge in [0.05, 0.1) is 24.1 Å². The monoisotopic (exact) mass is 465 g/mol. The zero-order valence-corrected chi connectivity index (χ0v) is 18.2. The first kappa shape index (κ1) is 22.4. The summed E-state index contributed by atoms with van der Waals surface area (Å²) in [6.07, 6.45) is 3.43. The van der Waals surface area contributed by atoms with E-state index in [0.717, 1.165) is 42.3 Å². The maximum atomic E-state index is 13.0. The molecule has 0 N–H and O–H groups in total. The van der Waals surface area contributed by atoms with Crippen LogP contribution in [0.15, 0.2) is 47.6 Å². The molecule has 1 aromatic carbocycles. The molecule has 170 valence electrons. The number of halogens is 3. The van der Waals surface area contributed by atoms with Gasteiger partial charge in [-0.25, -0.2) is 9.69 Å². The Hall–Kier alpha value is -2.79. The molecule has 11 heteroatoms. The minimum Gasteiger partial charge on any atom is -0.367 e. The predicted octanol–water partition coefficient (Wildman–Crippen LogP) is 3.41. The summed E-state index contributed by atoms with van der Waals surface area (Å²) >= 11 is -0.241. The molecule has 2 aliphatic rings. The minimum atomic E-state index is -4.40.